The van der Waals surface area contributed by atoms with Gasteiger partial charge in [-0.3, -0.25) is 10.8 Å². The first-order valence-electron chi connectivity index (χ1n) is 7.35. The Kier molecular flexibility index (Phi) is 4.21. The lowest BCUT2D eigenvalue weighted by Gasteiger charge is -2.06. The second-order valence-electron chi connectivity index (χ2n) is 5.24. The molecule has 5 heteroatoms. The topological polar surface area (TPSA) is 98.0 Å². The Morgan fingerprint density at radius 1 is 0.958 bits per heavy atom. The molecule has 0 amide bonds. The van der Waals surface area contributed by atoms with Crippen LogP contribution in [0.15, 0.2) is 71.8 Å². The van der Waals surface area contributed by atoms with Crippen molar-refractivity contribution in [3.05, 3.63) is 66.7 Å². The second-order valence-corrected chi connectivity index (χ2v) is 5.24. The molecule has 0 saturated carbocycles. The molecule has 0 aliphatic heterocycles. The third kappa shape index (κ3) is 3.23. The van der Waals surface area contributed by atoms with Crippen LogP contribution in [0.5, 0.6) is 0 Å². The molecule has 0 bridgehead atoms. The van der Waals surface area contributed by atoms with E-state index in [9.17, 15) is 0 Å². The summed E-state index contributed by atoms with van der Waals surface area (Å²) >= 11 is 0. The number of anilines is 1. The number of nitrogens with zero attached hydrogens (tertiary/aromatic N) is 2. The van der Waals surface area contributed by atoms with Gasteiger partial charge in [-0.05, 0) is 40.1 Å². The summed E-state index contributed by atoms with van der Waals surface area (Å²) in [5.74, 6) is -0.363. The minimum absolute atomic E-state index is 0.145. The highest BCUT2D eigenvalue weighted by Gasteiger charge is 2.02. The molecule has 0 unspecified atom stereocenters. The molecule has 0 radical (unpaired) electrons. The van der Waals surface area contributed by atoms with Crippen LogP contribution in [-0.2, 0) is 0 Å². The summed E-state index contributed by atoms with van der Waals surface area (Å²) in [4.78, 5) is 0. The summed E-state index contributed by atoms with van der Waals surface area (Å²) in [5.41, 5.74) is 10.8. The fraction of sp³-hybridized carbons (Fsp3) is 0. The lowest BCUT2D eigenvalue weighted by molar-refractivity contribution is 1.33. The van der Waals surface area contributed by atoms with E-state index in [-0.39, 0.29) is 11.5 Å². The molecule has 24 heavy (non-hydrogen) atoms. The number of nitrogens with one attached hydrogen (secondary N) is 2. The van der Waals surface area contributed by atoms with Gasteiger partial charge in [-0.1, -0.05) is 48.5 Å². The van der Waals surface area contributed by atoms with Crippen LogP contribution in [0.2, 0.25) is 0 Å². The zero-order valence-electron chi connectivity index (χ0n) is 12.8. The molecule has 0 aliphatic rings. The Balaban J connectivity index is 1.83. The van der Waals surface area contributed by atoms with Crippen molar-refractivity contribution in [2.24, 2.45) is 10.8 Å². The highest BCUT2D eigenvalue weighted by molar-refractivity contribution is 6.45. The van der Waals surface area contributed by atoms with Crippen LogP contribution in [0.4, 0.5) is 5.69 Å². The average Bonchev–Trinajstić information content (AvgIpc) is 2.62. The zero-order chi connectivity index (χ0) is 16.9. The number of benzene rings is 3. The molecule has 116 valence electrons. The zero-order valence-corrected chi connectivity index (χ0v) is 12.8. The number of amidine groups is 1. The number of hydrogen-bond acceptors (Lipinski definition) is 4. The first kappa shape index (κ1) is 15.3. The molecule has 5 nitrogen and oxygen atoms in total. The van der Waals surface area contributed by atoms with Crippen LogP contribution in [0.25, 0.3) is 21.9 Å². The van der Waals surface area contributed by atoms with Crippen molar-refractivity contribution < 1.29 is 0 Å². The van der Waals surface area contributed by atoms with Crippen LogP contribution in [-0.4, -0.2) is 11.5 Å². The fourth-order valence-electron chi connectivity index (χ4n) is 2.37. The minimum atomic E-state index is -0.363. The third-order valence-electron chi connectivity index (χ3n) is 3.63. The van der Waals surface area contributed by atoms with Crippen LogP contribution in [0, 0.1) is 16.7 Å². The van der Waals surface area contributed by atoms with Gasteiger partial charge in [-0.2, -0.15) is 10.4 Å². The maximum atomic E-state index is 8.81. The Morgan fingerprint density at radius 2 is 1.62 bits per heavy atom. The van der Waals surface area contributed by atoms with E-state index in [1.165, 1.54) is 10.8 Å². The van der Waals surface area contributed by atoms with Crippen molar-refractivity contribution in [3.63, 3.8) is 0 Å². The van der Waals surface area contributed by atoms with Gasteiger partial charge in [0, 0.05) is 0 Å². The van der Waals surface area contributed by atoms with Crippen LogP contribution >= 0.6 is 0 Å². The summed E-state index contributed by atoms with van der Waals surface area (Å²) in [6.07, 6.45) is 0. The van der Waals surface area contributed by atoms with Crippen molar-refractivity contribution in [2.75, 3.05) is 5.43 Å². The molecule has 0 heterocycles. The first-order valence-corrected chi connectivity index (χ1v) is 7.35. The van der Waals surface area contributed by atoms with Gasteiger partial charge in [0.15, 0.2) is 5.84 Å². The van der Waals surface area contributed by atoms with Crippen molar-refractivity contribution in [3.8, 4) is 17.2 Å². The van der Waals surface area contributed by atoms with E-state index in [4.69, 9.17) is 16.4 Å². The molecule has 0 aliphatic carbocycles. The molecule has 0 aromatic heterocycles. The van der Waals surface area contributed by atoms with E-state index in [1.54, 1.807) is 6.07 Å². The van der Waals surface area contributed by atoms with Gasteiger partial charge in [0.2, 0.25) is 5.71 Å². The highest BCUT2D eigenvalue weighted by atomic mass is 15.3. The van der Waals surface area contributed by atoms with E-state index < -0.39 is 0 Å². The largest absolute Gasteiger partial charge is 0.382 e. The Bertz CT molecular complexity index is 965. The number of nitriles is 1. The fourth-order valence-corrected chi connectivity index (χ4v) is 2.37. The van der Waals surface area contributed by atoms with E-state index >= 15 is 0 Å². The van der Waals surface area contributed by atoms with E-state index in [1.807, 2.05) is 36.4 Å². The summed E-state index contributed by atoms with van der Waals surface area (Å²) in [7, 11) is 0. The maximum absolute atomic E-state index is 8.81. The van der Waals surface area contributed by atoms with Crippen LogP contribution in [0.1, 0.15) is 0 Å². The van der Waals surface area contributed by atoms with Crippen molar-refractivity contribution >= 4 is 28.0 Å². The highest BCUT2D eigenvalue weighted by Crippen LogP contribution is 2.25. The molecule has 0 fully saturated rings. The predicted molar refractivity (Wildman–Crippen MR) is 98.0 cm³/mol. The smallest absolute Gasteiger partial charge is 0.201 e. The maximum Gasteiger partial charge on any atom is 0.201 e. The number of nitrogens with two attached hydrogens (primary N) is 1. The van der Waals surface area contributed by atoms with Gasteiger partial charge >= 0.3 is 0 Å². The molecule has 0 saturated heterocycles. The van der Waals surface area contributed by atoms with E-state index in [0.717, 1.165) is 11.1 Å². The molecule has 3 aromatic carbocycles. The molecule has 0 atom stereocenters. The normalized spacial score (nSPS) is 11.0. The molecule has 0 spiro atoms. The van der Waals surface area contributed by atoms with E-state index in [0.29, 0.717) is 5.69 Å². The number of hydrogen-bond donors (Lipinski definition) is 3. The monoisotopic (exact) mass is 313 g/mol. The Morgan fingerprint density at radius 3 is 2.29 bits per heavy atom. The van der Waals surface area contributed by atoms with Gasteiger partial charge < -0.3 is 5.73 Å². The Hall–Kier alpha value is -3.65. The molecule has 3 rings (SSSR count). The Labute approximate surface area is 139 Å². The quantitative estimate of drug-likeness (QED) is 0.389. The minimum Gasteiger partial charge on any atom is -0.382 e. The summed E-state index contributed by atoms with van der Waals surface area (Å²) < 4.78 is 0. The van der Waals surface area contributed by atoms with Crippen molar-refractivity contribution in [2.45, 2.75) is 0 Å². The SMILES string of the molecule is N#C/C(=N\Nc1ccc(-c2ccc3ccccc3c2)cc1)C(=N)N. The van der Waals surface area contributed by atoms with Crippen LogP contribution in [0.3, 0.4) is 0 Å². The summed E-state index contributed by atoms with van der Waals surface area (Å²) in [5, 5.41) is 22.2. The molecule has 3 aromatic rings. The lowest BCUT2D eigenvalue weighted by atomic mass is 10.0. The number of rotatable bonds is 4. The number of fused-ring (bicyclic) bond motifs is 1. The standard InChI is InChI=1S/C19H15N5/c20-12-18(19(21)22)24-23-17-9-7-14(8-10-17)16-6-5-13-3-1-2-4-15(13)11-16/h1-11,23H,(H3,21,22)/b24-18+. The van der Waals surface area contributed by atoms with Gasteiger partial charge in [-0.15, -0.1) is 0 Å². The second kappa shape index (κ2) is 6.63. The van der Waals surface area contributed by atoms with Crippen molar-refractivity contribution in [1.82, 2.24) is 0 Å². The van der Waals surface area contributed by atoms with Crippen LogP contribution < -0.4 is 11.2 Å². The van der Waals surface area contributed by atoms with Crippen molar-refractivity contribution in [1.29, 1.82) is 10.7 Å². The first-order chi connectivity index (χ1) is 11.7. The predicted octanol–water partition coefficient (Wildman–Crippen LogP) is 3.73. The molecular formula is C19H15N5. The average molecular weight is 313 g/mol. The van der Waals surface area contributed by atoms with E-state index in [2.05, 4.69) is 40.9 Å². The van der Waals surface area contributed by atoms with Gasteiger partial charge in [0.05, 0.1) is 5.69 Å². The molecular weight excluding hydrogens is 298 g/mol. The van der Waals surface area contributed by atoms with Gasteiger partial charge in [0.1, 0.15) is 6.07 Å². The van der Waals surface area contributed by atoms with Gasteiger partial charge in [-0.25, -0.2) is 0 Å². The molecule has 4 N–H and O–H groups in total. The summed E-state index contributed by atoms with van der Waals surface area (Å²) in [6, 6.07) is 24.0. The lowest BCUT2D eigenvalue weighted by Crippen LogP contribution is -2.21. The third-order valence-corrected chi connectivity index (χ3v) is 3.63. The summed E-state index contributed by atoms with van der Waals surface area (Å²) in [6.45, 7) is 0. The number of hydrazone groups is 1. The van der Waals surface area contributed by atoms with Gasteiger partial charge in [0.25, 0.3) is 0 Å².